The first-order valence-corrected chi connectivity index (χ1v) is 13.5. The van der Waals surface area contributed by atoms with E-state index in [4.69, 9.17) is 10.5 Å². The van der Waals surface area contributed by atoms with Gasteiger partial charge in [-0.05, 0) is 32.8 Å². The van der Waals surface area contributed by atoms with Crippen LogP contribution in [0.3, 0.4) is 0 Å². The summed E-state index contributed by atoms with van der Waals surface area (Å²) in [5.41, 5.74) is 7.37. The Labute approximate surface area is 214 Å². The van der Waals surface area contributed by atoms with Gasteiger partial charge in [0.1, 0.15) is 11.6 Å². The van der Waals surface area contributed by atoms with E-state index in [1.54, 1.807) is 12.3 Å². The SMILES string of the molecule is CC(C)n1cc(C(=O)NC2COC2)c2cnc(Nc3ccnc(C(C=NS(=O)(=O)C4CC4)=CN)n3)cc21. The molecule has 2 fully saturated rings. The van der Waals surface area contributed by atoms with Crippen molar-refractivity contribution >= 4 is 50.3 Å². The molecule has 0 radical (unpaired) electrons. The molecule has 13 heteroatoms. The Morgan fingerprint density at radius 1 is 1.27 bits per heavy atom. The first-order chi connectivity index (χ1) is 17.7. The van der Waals surface area contributed by atoms with Crippen LogP contribution >= 0.6 is 0 Å². The largest absolute Gasteiger partial charge is 0.404 e. The van der Waals surface area contributed by atoms with Gasteiger partial charge in [0.25, 0.3) is 15.9 Å². The second-order valence-corrected chi connectivity index (χ2v) is 11.2. The zero-order chi connectivity index (χ0) is 26.2. The lowest BCUT2D eigenvalue weighted by Gasteiger charge is -2.26. The molecule has 37 heavy (non-hydrogen) atoms. The smallest absolute Gasteiger partial charge is 0.255 e. The molecule has 194 valence electrons. The van der Waals surface area contributed by atoms with Gasteiger partial charge in [-0.25, -0.2) is 23.4 Å². The molecule has 2 aliphatic rings. The molecule has 0 atom stereocenters. The molecular weight excluding hydrogens is 496 g/mol. The zero-order valence-corrected chi connectivity index (χ0v) is 21.3. The van der Waals surface area contributed by atoms with Gasteiger partial charge in [-0.15, -0.1) is 0 Å². The zero-order valence-electron chi connectivity index (χ0n) is 20.5. The standard InChI is InChI=1S/C24H28N8O4S/c1-14(2)32-11-19(24(33)29-16-12-36-13-16)18-10-27-22(7-20(18)32)30-21-5-6-26-23(31-21)15(8-25)9-28-37(34,35)17-3-4-17/h5-11,14,16-17H,3-4,12-13,25H2,1-2H3,(H,29,33)(H,26,27,30,31). The highest BCUT2D eigenvalue weighted by atomic mass is 32.2. The monoisotopic (exact) mass is 524 g/mol. The number of ether oxygens (including phenoxy) is 1. The van der Waals surface area contributed by atoms with Gasteiger partial charge in [-0.2, -0.15) is 4.40 Å². The summed E-state index contributed by atoms with van der Waals surface area (Å²) in [6, 6.07) is 3.64. The number of hydrogen-bond donors (Lipinski definition) is 3. The number of hydrogen-bond acceptors (Lipinski definition) is 9. The van der Waals surface area contributed by atoms with Crippen LogP contribution in [0.5, 0.6) is 0 Å². The lowest BCUT2D eigenvalue weighted by molar-refractivity contribution is -0.00343. The molecule has 1 saturated heterocycles. The van der Waals surface area contributed by atoms with Gasteiger partial charge in [0.2, 0.25) is 0 Å². The molecule has 1 aliphatic carbocycles. The van der Waals surface area contributed by atoms with Crippen molar-refractivity contribution in [3.05, 3.63) is 48.3 Å². The Morgan fingerprint density at radius 2 is 2.05 bits per heavy atom. The molecule has 3 aromatic rings. The Bertz CT molecular complexity index is 1500. The summed E-state index contributed by atoms with van der Waals surface area (Å²) in [5, 5.41) is 6.45. The summed E-state index contributed by atoms with van der Waals surface area (Å²) in [4.78, 5) is 26.0. The molecule has 0 bridgehead atoms. The van der Waals surface area contributed by atoms with Crippen molar-refractivity contribution < 1.29 is 17.9 Å². The Morgan fingerprint density at radius 3 is 2.70 bits per heavy atom. The Balaban J connectivity index is 1.39. The molecule has 4 heterocycles. The molecule has 4 N–H and O–H groups in total. The average molecular weight is 525 g/mol. The second kappa shape index (κ2) is 9.90. The van der Waals surface area contributed by atoms with Crippen LogP contribution in [0.1, 0.15) is 48.9 Å². The molecular formula is C24H28N8O4S. The van der Waals surface area contributed by atoms with Crippen molar-refractivity contribution in [2.45, 2.75) is 44.0 Å². The molecule has 3 aromatic heterocycles. The van der Waals surface area contributed by atoms with E-state index in [9.17, 15) is 13.2 Å². The van der Waals surface area contributed by atoms with Crippen molar-refractivity contribution in [3.8, 4) is 0 Å². The minimum absolute atomic E-state index is 0.0251. The van der Waals surface area contributed by atoms with Gasteiger partial charge in [-0.3, -0.25) is 4.79 Å². The predicted molar refractivity (Wildman–Crippen MR) is 140 cm³/mol. The maximum atomic E-state index is 12.9. The number of carbonyl (C=O) groups is 1. The summed E-state index contributed by atoms with van der Waals surface area (Å²) in [6.45, 7) is 5.11. The number of aromatic nitrogens is 4. The van der Waals surface area contributed by atoms with Gasteiger partial charge < -0.3 is 25.7 Å². The number of pyridine rings is 1. The Kier molecular flexibility index (Phi) is 6.65. The molecule has 5 rings (SSSR count). The first-order valence-electron chi connectivity index (χ1n) is 12.0. The molecule has 12 nitrogen and oxygen atoms in total. The average Bonchev–Trinajstić information content (AvgIpc) is 3.64. The molecule has 0 spiro atoms. The summed E-state index contributed by atoms with van der Waals surface area (Å²) >= 11 is 0. The van der Waals surface area contributed by atoms with E-state index in [1.807, 2.05) is 30.7 Å². The highest BCUT2D eigenvalue weighted by Crippen LogP contribution is 2.30. The van der Waals surface area contributed by atoms with Crippen LogP contribution in [0.2, 0.25) is 0 Å². The van der Waals surface area contributed by atoms with Gasteiger partial charge in [0, 0.05) is 42.3 Å². The van der Waals surface area contributed by atoms with E-state index < -0.39 is 15.3 Å². The van der Waals surface area contributed by atoms with Gasteiger partial charge in [0.05, 0.1) is 47.4 Å². The number of anilines is 2. The number of amides is 1. The van der Waals surface area contributed by atoms with Crippen LogP contribution in [0, 0.1) is 0 Å². The first kappa shape index (κ1) is 24.8. The highest BCUT2D eigenvalue weighted by molar-refractivity contribution is 7.91. The van der Waals surface area contributed by atoms with Gasteiger partial charge in [-0.1, -0.05) is 0 Å². The van der Waals surface area contributed by atoms with E-state index in [2.05, 4.69) is 30.0 Å². The fraction of sp³-hybridized carbons (Fsp3) is 0.375. The fourth-order valence-electron chi connectivity index (χ4n) is 3.86. The highest BCUT2D eigenvalue weighted by Gasteiger charge is 2.35. The number of rotatable bonds is 9. The third kappa shape index (κ3) is 5.32. The maximum Gasteiger partial charge on any atom is 0.255 e. The van der Waals surface area contributed by atoms with Crippen LogP contribution in [-0.4, -0.2) is 64.6 Å². The quantitative estimate of drug-likeness (QED) is 0.355. The van der Waals surface area contributed by atoms with E-state index in [-0.39, 0.29) is 29.4 Å². The number of carbonyl (C=O) groups excluding carboxylic acids is 1. The molecule has 1 saturated carbocycles. The molecule has 1 amide bonds. The van der Waals surface area contributed by atoms with Crippen LogP contribution in [-0.2, 0) is 14.8 Å². The van der Waals surface area contributed by atoms with Crippen molar-refractivity contribution in [1.82, 2.24) is 24.8 Å². The summed E-state index contributed by atoms with van der Waals surface area (Å²) in [7, 11) is -3.55. The van der Waals surface area contributed by atoms with Crippen LogP contribution in [0.15, 0.2) is 41.3 Å². The fourth-order valence-corrected chi connectivity index (χ4v) is 5.02. The maximum absolute atomic E-state index is 12.9. The molecule has 1 aliphatic heterocycles. The van der Waals surface area contributed by atoms with Crippen molar-refractivity contribution in [2.24, 2.45) is 10.1 Å². The second-order valence-electron chi connectivity index (χ2n) is 9.30. The summed E-state index contributed by atoms with van der Waals surface area (Å²) < 4.78 is 35.1. The van der Waals surface area contributed by atoms with E-state index in [0.29, 0.717) is 43.3 Å². The van der Waals surface area contributed by atoms with Crippen molar-refractivity contribution in [2.75, 3.05) is 18.5 Å². The van der Waals surface area contributed by atoms with E-state index >= 15 is 0 Å². The van der Waals surface area contributed by atoms with Crippen LogP contribution in [0.4, 0.5) is 11.6 Å². The van der Waals surface area contributed by atoms with Gasteiger partial charge >= 0.3 is 0 Å². The third-order valence-electron chi connectivity index (χ3n) is 6.13. The number of fused-ring (bicyclic) bond motifs is 1. The topological polar surface area (TPSA) is 166 Å². The number of allylic oxidation sites excluding steroid dienone is 1. The van der Waals surface area contributed by atoms with Crippen molar-refractivity contribution in [3.63, 3.8) is 0 Å². The number of nitrogens with zero attached hydrogens (tertiary/aromatic N) is 5. The lowest BCUT2D eigenvalue weighted by atomic mass is 10.2. The number of nitrogens with one attached hydrogen (secondary N) is 2. The minimum Gasteiger partial charge on any atom is -0.404 e. The van der Waals surface area contributed by atoms with E-state index in [0.717, 1.165) is 10.9 Å². The van der Waals surface area contributed by atoms with Crippen LogP contribution < -0.4 is 16.4 Å². The van der Waals surface area contributed by atoms with Gasteiger partial charge in [0.15, 0.2) is 5.82 Å². The minimum atomic E-state index is -3.55. The summed E-state index contributed by atoms with van der Waals surface area (Å²) in [5.74, 6) is 1.000. The number of nitrogens with two attached hydrogens (primary N) is 1. The number of sulfonamides is 1. The molecule has 0 unspecified atom stereocenters. The summed E-state index contributed by atoms with van der Waals surface area (Å²) in [6.07, 6.45) is 8.66. The van der Waals surface area contributed by atoms with E-state index in [1.165, 1.54) is 18.6 Å². The normalized spacial score (nSPS) is 16.9. The third-order valence-corrected chi connectivity index (χ3v) is 7.84. The Hall–Kier alpha value is -3.84. The van der Waals surface area contributed by atoms with Crippen LogP contribution in [0.25, 0.3) is 16.5 Å². The van der Waals surface area contributed by atoms with Crippen molar-refractivity contribution in [1.29, 1.82) is 0 Å². The predicted octanol–water partition coefficient (Wildman–Crippen LogP) is 2.14. The molecule has 0 aromatic carbocycles. The lowest BCUT2D eigenvalue weighted by Crippen LogP contribution is -2.48.